The van der Waals surface area contributed by atoms with Crippen LogP contribution in [0.1, 0.15) is 12.0 Å². The normalized spacial score (nSPS) is 16.7. The minimum absolute atomic E-state index is 0.203. The lowest BCUT2D eigenvalue weighted by Crippen LogP contribution is -2.51. The zero-order chi connectivity index (χ0) is 18.3. The SMILES string of the molecule is CS(=O)(=O)N1CCN(C(=O)CO/N=C(\N)CCc2ccccc2)CC1. The molecule has 8 nitrogen and oxygen atoms in total. The van der Waals surface area contributed by atoms with Crippen molar-refractivity contribution >= 4 is 21.8 Å². The van der Waals surface area contributed by atoms with E-state index in [1.54, 1.807) is 4.90 Å². The molecule has 1 amide bonds. The second kappa shape index (κ2) is 8.82. The van der Waals surface area contributed by atoms with Gasteiger partial charge in [0.2, 0.25) is 10.0 Å². The molecule has 1 fully saturated rings. The minimum Gasteiger partial charge on any atom is -0.384 e. The standard InChI is InChI=1S/C16H24N4O4S/c1-25(22,23)20-11-9-19(10-12-20)16(21)13-24-18-15(17)8-7-14-5-3-2-4-6-14/h2-6H,7-13H2,1H3,(H2,17,18). The van der Waals surface area contributed by atoms with Crippen molar-refractivity contribution in [3.8, 4) is 0 Å². The second-order valence-corrected chi connectivity index (χ2v) is 7.87. The van der Waals surface area contributed by atoms with Crippen LogP contribution in [0.3, 0.4) is 0 Å². The number of nitrogens with two attached hydrogens (primary N) is 1. The molecule has 1 aliphatic heterocycles. The number of piperazine rings is 1. The zero-order valence-corrected chi connectivity index (χ0v) is 15.1. The third kappa shape index (κ3) is 6.35. The lowest BCUT2D eigenvalue weighted by Gasteiger charge is -2.32. The van der Waals surface area contributed by atoms with Crippen LogP contribution in [-0.2, 0) is 26.1 Å². The lowest BCUT2D eigenvalue weighted by atomic mass is 10.1. The van der Waals surface area contributed by atoms with Crippen LogP contribution >= 0.6 is 0 Å². The summed E-state index contributed by atoms with van der Waals surface area (Å²) in [7, 11) is -3.21. The Morgan fingerprint density at radius 1 is 1.20 bits per heavy atom. The van der Waals surface area contributed by atoms with E-state index in [2.05, 4.69) is 5.16 Å². The maximum Gasteiger partial charge on any atom is 0.263 e. The van der Waals surface area contributed by atoms with Gasteiger partial charge < -0.3 is 15.5 Å². The van der Waals surface area contributed by atoms with Gasteiger partial charge in [-0.3, -0.25) is 4.79 Å². The Balaban J connectivity index is 1.69. The lowest BCUT2D eigenvalue weighted by molar-refractivity contribution is -0.137. The molecule has 138 valence electrons. The molecule has 9 heteroatoms. The van der Waals surface area contributed by atoms with Crippen molar-refractivity contribution in [1.82, 2.24) is 9.21 Å². The number of benzene rings is 1. The highest BCUT2D eigenvalue weighted by atomic mass is 32.2. The zero-order valence-electron chi connectivity index (χ0n) is 14.3. The van der Waals surface area contributed by atoms with Crippen LogP contribution in [0.15, 0.2) is 35.5 Å². The van der Waals surface area contributed by atoms with Crippen LogP contribution in [0.5, 0.6) is 0 Å². The number of carbonyl (C=O) groups excluding carboxylic acids is 1. The quantitative estimate of drug-likeness (QED) is 0.415. The fourth-order valence-electron chi connectivity index (χ4n) is 2.49. The summed E-state index contributed by atoms with van der Waals surface area (Å²) in [4.78, 5) is 18.6. The van der Waals surface area contributed by atoms with Gasteiger partial charge in [0.1, 0.15) is 5.84 Å². The van der Waals surface area contributed by atoms with Crippen LogP contribution < -0.4 is 5.73 Å². The third-order valence-corrected chi connectivity index (χ3v) is 5.25. The highest BCUT2D eigenvalue weighted by Crippen LogP contribution is 2.06. The predicted molar refractivity (Wildman–Crippen MR) is 95.3 cm³/mol. The number of hydrogen-bond acceptors (Lipinski definition) is 5. The molecule has 0 aromatic heterocycles. The van der Waals surface area contributed by atoms with Gasteiger partial charge in [0, 0.05) is 32.6 Å². The van der Waals surface area contributed by atoms with Crippen LogP contribution in [0.25, 0.3) is 0 Å². The van der Waals surface area contributed by atoms with E-state index in [0.29, 0.717) is 38.4 Å². The topological polar surface area (TPSA) is 105 Å². The number of hydrogen-bond donors (Lipinski definition) is 1. The average Bonchev–Trinajstić information content (AvgIpc) is 2.60. The van der Waals surface area contributed by atoms with Gasteiger partial charge in [0.15, 0.2) is 6.61 Å². The Kier molecular flexibility index (Phi) is 6.77. The van der Waals surface area contributed by atoms with E-state index < -0.39 is 10.0 Å². The van der Waals surface area contributed by atoms with Gasteiger partial charge in [0.05, 0.1) is 6.26 Å². The van der Waals surface area contributed by atoms with Gasteiger partial charge in [-0.15, -0.1) is 0 Å². The first-order valence-corrected chi connectivity index (χ1v) is 9.92. The number of sulfonamides is 1. The summed E-state index contributed by atoms with van der Waals surface area (Å²) in [5.74, 6) is 0.103. The second-order valence-electron chi connectivity index (χ2n) is 5.88. The molecular formula is C16H24N4O4S. The van der Waals surface area contributed by atoms with Gasteiger partial charge in [-0.1, -0.05) is 35.5 Å². The van der Waals surface area contributed by atoms with Crippen molar-refractivity contribution in [2.75, 3.05) is 39.0 Å². The van der Waals surface area contributed by atoms with Crippen molar-refractivity contribution in [2.45, 2.75) is 12.8 Å². The molecule has 2 N–H and O–H groups in total. The summed E-state index contributed by atoms with van der Waals surface area (Å²) in [6.07, 6.45) is 2.46. The van der Waals surface area contributed by atoms with E-state index >= 15 is 0 Å². The van der Waals surface area contributed by atoms with Crippen molar-refractivity contribution < 1.29 is 18.0 Å². The van der Waals surface area contributed by atoms with Crippen LogP contribution in [0, 0.1) is 0 Å². The number of rotatable bonds is 7. The molecule has 1 heterocycles. The molecular weight excluding hydrogens is 344 g/mol. The fraction of sp³-hybridized carbons (Fsp3) is 0.500. The van der Waals surface area contributed by atoms with Crippen LogP contribution in [0.4, 0.5) is 0 Å². The van der Waals surface area contributed by atoms with Gasteiger partial charge >= 0.3 is 0 Å². The summed E-state index contributed by atoms with van der Waals surface area (Å²) in [6, 6.07) is 9.88. The Labute approximate surface area is 148 Å². The summed E-state index contributed by atoms with van der Waals surface area (Å²) in [5.41, 5.74) is 6.93. The molecule has 2 rings (SSSR count). The number of amidine groups is 1. The average molecular weight is 368 g/mol. The van der Waals surface area contributed by atoms with E-state index in [4.69, 9.17) is 10.6 Å². The molecule has 0 bridgehead atoms. The van der Waals surface area contributed by atoms with Crippen molar-refractivity contribution in [1.29, 1.82) is 0 Å². The first-order chi connectivity index (χ1) is 11.9. The molecule has 1 aromatic rings. The Hall–Kier alpha value is -2.13. The van der Waals surface area contributed by atoms with Gasteiger partial charge in [-0.05, 0) is 12.0 Å². The highest BCUT2D eigenvalue weighted by Gasteiger charge is 2.26. The molecule has 1 saturated heterocycles. The van der Waals surface area contributed by atoms with Crippen LogP contribution in [-0.4, -0.2) is 68.4 Å². The summed E-state index contributed by atoms with van der Waals surface area (Å²) >= 11 is 0. The first-order valence-electron chi connectivity index (χ1n) is 8.07. The van der Waals surface area contributed by atoms with Crippen molar-refractivity contribution in [3.63, 3.8) is 0 Å². The summed E-state index contributed by atoms with van der Waals surface area (Å²) in [6.45, 7) is 1.09. The van der Waals surface area contributed by atoms with Gasteiger partial charge in [-0.25, -0.2) is 8.42 Å². The van der Waals surface area contributed by atoms with Gasteiger partial charge in [0.25, 0.3) is 5.91 Å². The number of amides is 1. The van der Waals surface area contributed by atoms with E-state index in [-0.39, 0.29) is 12.5 Å². The highest BCUT2D eigenvalue weighted by molar-refractivity contribution is 7.88. The monoisotopic (exact) mass is 368 g/mol. The molecule has 0 unspecified atom stereocenters. The molecule has 0 aliphatic carbocycles. The number of oxime groups is 1. The Morgan fingerprint density at radius 2 is 1.84 bits per heavy atom. The maximum atomic E-state index is 12.0. The molecule has 0 spiro atoms. The number of aryl methyl sites for hydroxylation is 1. The van der Waals surface area contributed by atoms with E-state index in [1.807, 2.05) is 30.3 Å². The molecule has 1 aromatic carbocycles. The molecule has 0 saturated carbocycles. The maximum absolute atomic E-state index is 12.0. The van der Waals surface area contributed by atoms with Crippen molar-refractivity contribution in [3.05, 3.63) is 35.9 Å². The van der Waals surface area contributed by atoms with E-state index in [1.165, 1.54) is 10.6 Å². The molecule has 0 atom stereocenters. The van der Waals surface area contributed by atoms with E-state index in [0.717, 1.165) is 12.0 Å². The molecule has 25 heavy (non-hydrogen) atoms. The summed E-state index contributed by atoms with van der Waals surface area (Å²) in [5, 5.41) is 3.77. The van der Waals surface area contributed by atoms with E-state index in [9.17, 15) is 13.2 Å². The molecule has 1 aliphatic rings. The third-order valence-electron chi connectivity index (χ3n) is 3.94. The van der Waals surface area contributed by atoms with Gasteiger partial charge in [-0.2, -0.15) is 4.31 Å². The number of carbonyl (C=O) groups is 1. The van der Waals surface area contributed by atoms with Crippen molar-refractivity contribution in [2.24, 2.45) is 10.9 Å². The summed E-state index contributed by atoms with van der Waals surface area (Å²) < 4.78 is 24.2. The fourth-order valence-corrected chi connectivity index (χ4v) is 3.32. The first kappa shape index (κ1) is 19.2. The predicted octanol–water partition coefficient (Wildman–Crippen LogP) is 0.0118. The minimum atomic E-state index is -3.21. The number of nitrogens with zero attached hydrogens (tertiary/aromatic N) is 3. The van der Waals surface area contributed by atoms with Crippen LogP contribution in [0.2, 0.25) is 0 Å². The Bertz CT molecular complexity index is 698. The largest absolute Gasteiger partial charge is 0.384 e. The Morgan fingerprint density at radius 3 is 2.44 bits per heavy atom. The molecule has 0 radical (unpaired) electrons. The smallest absolute Gasteiger partial charge is 0.263 e.